The highest BCUT2D eigenvalue weighted by Gasteiger charge is 2.30. The highest BCUT2D eigenvalue weighted by atomic mass is 32.1. The Morgan fingerprint density at radius 3 is 2.57 bits per heavy atom. The summed E-state index contributed by atoms with van der Waals surface area (Å²) < 4.78 is 0. The molecule has 1 aliphatic rings. The number of rotatable bonds is 6. The fraction of sp³-hybridized carbons (Fsp3) is 0.500. The van der Waals surface area contributed by atoms with Crippen molar-refractivity contribution in [2.75, 3.05) is 38.0 Å². The maximum absolute atomic E-state index is 5.66. The molecule has 0 unspecified atom stereocenters. The number of aryl methyl sites for hydroxylation is 2. The minimum absolute atomic E-state index is 0.219. The Bertz CT molecular complexity index is 767. The minimum Gasteiger partial charge on any atom is -0.358 e. The zero-order valence-corrected chi connectivity index (χ0v) is 19.0. The number of likely N-dealkylation sites (N-methyl/N-ethyl adjacent to an activating group) is 1. The lowest BCUT2D eigenvalue weighted by molar-refractivity contribution is 0.0883. The van der Waals surface area contributed by atoms with Gasteiger partial charge in [0.1, 0.15) is 0 Å². The molecule has 0 radical (unpaired) electrons. The molecule has 0 amide bonds. The Labute approximate surface area is 178 Å². The van der Waals surface area contributed by atoms with Crippen LogP contribution in [0.3, 0.4) is 0 Å². The third-order valence-corrected chi connectivity index (χ3v) is 6.72. The maximum Gasteiger partial charge on any atom is 0.171 e. The molecular formula is C22H32N4S2. The molecule has 152 valence electrons. The zero-order valence-electron chi connectivity index (χ0n) is 17.4. The molecule has 6 heteroatoms. The maximum atomic E-state index is 5.66. The fourth-order valence-corrected chi connectivity index (χ4v) is 5.13. The smallest absolute Gasteiger partial charge is 0.171 e. The van der Waals surface area contributed by atoms with Crippen LogP contribution < -0.4 is 10.6 Å². The van der Waals surface area contributed by atoms with Gasteiger partial charge in [0, 0.05) is 42.8 Å². The molecule has 2 atom stereocenters. The molecule has 1 aromatic heterocycles. The van der Waals surface area contributed by atoms with Crippen LogP contribution in [-0.2, 0) is 0 Å². The predicted octanol–water partition coefficient (Wildman–Crippen LogP) is 4.42. The summed E-state index contributed by atoms with van der Waals surface area (Å²) in [6, 6.07) is 11.4. The molecule has 1 aliphatic heterocycles. The van der Waals surface area contributed by atoms with Crippen molar-refractivity contribution in [3.05, 3.63) is 51.7 Å². The third kappa shape index (κ3) is 5.32. The second kappa shape index (κ2) is 9.83. The van der Waals surface area contributed by atoms with E-state index < -0.39 is 0 Å². The van der Waals surface area contributed by atoms with Gasteiger partial charge in [0.25, 0.3) is 0 Å². The molecule has 2 heterocycles. The summed E-state index contributed by atoms with van der Waals surface area (Å²) >= 11 is 7.49. The molecule has 3 rings (SSSR count). The normalized spacial score (nSPS) is 17.9. The summed E-state index contributed by atoms with van der Waals surface area (Å²) in [5, 5.41) is 9.82. The highest BCUT2D eigenvalue weighted by Crippen LogP contribution is 2.29. The molecule has 0 saturated carbocycles. The van der Waals surface area contributed by atoms with Crippen LogP contribution in [-0.4, -0.2) is 53.7 Å². The van der Waals surface area contributed by atoms with Gasteiger partial charge in [0.15, 0.2) is 5.11 Å². The van der Waals surface area contributed by atoms with Crippen LogP contribution in [0.25, 0.3) is 0 Å². The van der Waals surface area contributed by atoms with Gasteiger partial charge >= 0.3 is 0 Å². The first-order valence-corrected chi connectivity index (χ1v) is 11.4. The lowest BCUT2D eigenvalue weighted by Gasteiger charge is -2.41. The summed E-state index contributed by atoms with van der Waals surface area (Å²) in [5.74, 6) is 0. The van der Waals surface area contributed by atoms with Crippen LogP contribution in [0.5, 0.6) is 0 Å². The van der Waals surface area contributed by atoms with Gasteiger partial charge in [0.05, 0.1) is 6.04 Å². The summed E-state index contributed by atoms with van der Waals surface area (Å²) in [5.41, 5.74) is 3.51. The van der Waals surface area contributed by atoms with Crippen molar-refractivity contribution in [1.82, 2.24) is 15.1 Å². The van der Waals surface area contributed by atoms with Crippen molar-refractivity contribution in [1.29, 1.82) is 0 Å². The van der Waals surface area contributed by atoms with Crippen LogP contribution in [0.1, 0.15) is 35.9 Å². The van der Waals surface area contributed by atoms with Gasteiger partial charge in [-0.1, -0.05) is 25.1 Å². The monoisotopic (exact) mass is 416 g/mol. The largest absolute Gasteiger partial charge is 0.358 e. The quantitative estimate of drug-likeness (QED) is 0.681. The van der Waals surface area contributed by atoms with E-state index in [-0.39, 0.29) is 6.04 Å². The molecule has 28 heavy (non-hydrogen) atoms. The topological polar surface area (TPSA) is 30.5 Å². The number of nitrogens with one attached hydrogen (secondary N) is 2. The van der Waals surface area contributed by atoms with E-state index in [1.54, 1.807) is 0 Å². The average molecular weight is 417 g/mol. The molecule has 2 aromatic rings. The van der Waals surface area contributed by atoms with Gasteiger partial charge in [-0.3, -0.25) is 4.90 Å². The Hall–Kier alpha value is -1.47. The molecule has 1 saturated heterocycles. The van der Waals surface area contributed by atoms with Gasteiger partial charge in [0.2, 0.25) is 0 Å². The van der Waals surface area contributed by atoms with E-state index in [0.29, 0.717) is 11.2 Å². The standard InChI is InChI=1S/C22H32N4S2/c1-5-25-10-12-26(13-11-25)21(20-7-6-14-28-20)18(4)23-22(27)24-19-15-16(2)8-9-17(19)3/h6-9,14-15,18,21H,5,10-13H2,1-4H3,(H2,23,24,27)/t18-,21+/m0/s1. The molecule has 0 aliphatic carbocycles. The van der Waals surface area contributed by atoms with Crippen LogP contribution in [0.4, 0.5) is 5.69 Å². The van der Waals surface area contributed by atoms with Crippen molar-refractivity contribution in [3.8, 4) is 0 Å². The second-order valence-electron chi connectivity index (χ2n) is 7.64. The molecule has 2 N–H and O–H groups in total. The number of hydrogen-bond acceptors (Lipinski definition) is 4. The number of benzene rings is 1. The summed E-state index contributed by atoms with van der Waals surface area (Å²) in [4.78, 5) is 6.53. The number of nitrogens with zero attached hydrogens (tertiary/aromatic N) is 2. The van der Waals surface area contributed by atoms with Crippen molar-refractivity contribution >= 4 is 34.4 Å². The molecule has 0 spiro atoms. The van der Waals surface area contributed by atoms with E-state index in [1.165, 1.54) is 16.0 Å². The molecule has 1 aromatic carbocycles. The highest BCUT2D eigenvalue weighted by molar-refractivity contribution is 7.80. The van der Waals surface area contributed by atoms with E-state index in [9.17, 15) is 0 Å². The van der Waals surface area contributed by atoms with Gasteiger partial charge in [-0.25, -0.2) is 0 Å². The Morgan fingerprint density at radius 1 is 1.18 bits per heavy atom. The number of hydrogen-bond donors (Lipinski definition) is 2. The summed E-state index contributed by atoms with van der Waals surface area (Å²) in [6.45, 7) is 14.3. The van der Waals surface area contributed by atoms with Crippen molar-refractivity contribution < 1.29 is 0 Å². The van der Waals surface area contributed by atoms with Gasteiger partial charge in [-0.15, -0.1) is 11.3 Å². The first-order chi connectivity index (χ1) is 13.5. The Balaban J connectivity index is 1.68. The van der Waals surface area contributed by atoms with Crippen LogP contribution in [0.15, 0.2) is 35.7 Å². The summed E-state index contributed by atoms with van der Waals surface area (Å²) in [6.07, 6.45) is 0. The van der Waals surface area contributed by atoms with Gasteiger partial charge < -0.3 is 15.5 Å². The van der Waals surface area contributed by atoms with Crippen LogP contribution in [0, 0.1) is 13.8 Å². The van der Waals surface area contributed by atoms with Crippen molar-refractivity contribution in [2.45, 2.75) is 39.8 Å². The zero-order chi connectivity index (χ0) is 20.1. The minimum atomic E-state index is 0.219. The SMILES string of the molecule is CCN1CCN([C@@H](c2cccs2)[C@H](C)NC(=S)Nc2cc(C)ccc2C)CC1. The fourth-order valence-electron chi connectivity index (χ4n) is 3.87. The predicted molar refractivity (Wildman–Crippen MR) is 125 cm³/mol. The molecule has 4 nitrogen and oxygen atoms in total. The van der Waals surface area contributed by atoms with Crippen molar-refractivity contribution in [2.24, 2.45) is 0 Å². The van der Waals surface area contributed by atoms with E-state index in [4.69, 9.17) is 12.2 Å². The molecule has 0 bridgehead atoms. The van der Waals surface area contributed by atoms with Crippen LogP contribution >= 0.6 is 23.6 Å². The number of thiophene rings is 1. The Morgan fingerprint density at radius 2 is 1.93 bits per heavy atom. The van der Waals surface area contributed by atoms with Crippen molar-refractivity contribution in [3.63, 3.8) is 0 Å². The summed E-state index contributed by atoms with van der Waals surface area (Å²) in [7, 11) is 0. The van der Waals surface area contributed by atoms with E-state index in [2.05, 4.69) is 83.8 Å². The van der Waals surface area contributed by atoms with E-state index in [1.807, 2.05) is 11.3 Å². The van der Waals surface area contributed by atoms with Gasteiger partial charge in [-0.05, 0) is 68.2 Å². The molecule has 1 fully saturated rings. The van der Waals surface area contributed by atoms with Crippen LogP contribution in [0.2, 0.25) is 0 Å². The Kier molecular flexibility index (Phi) is 7.46. The molecular weight excluding hydrogens is 384 g/mol. The van der Waals surface area contributed by atoms with E-state index >= 15 is 0 Å². The number of thiocarbonyl (C=S) groups is 1. The average Bonchev–Trinajstić information content (AvgIpc) is 3.19. The second-order valence-corrected chi connectivity index (χ2v) is 9.02. The first kappa shape index (κ1) is 21.2. The lowest BCUT2D eigenvalue weighted by atomic mass is 10.0. The number of anilines is 1. The lowest BCUT2D eigenvalue weighted by Crippen LogP contribution is -2.52. The van der Waals surface area contributed by atoms with Gasteiger partial charge in [-0.2, -0.15) is 0 Å². The number of piperazine rings is 1. The first-order valence-electron chi connectivity index (χ1n) is 10.1. The van der Waals surface area contributed by atoms with E-state index in [0.717, 1.165) is 38.4 Å². The third-order valence-electron chi connectivity index (χ3n) is 5.56.